The Morgan fingerprint density at radius 1 is 1.26 bits per heavy atom. The highest BCUT2D eigenvalue weighted by molar-refractivity contribution is 5.98. The minimum Gasteiger partial charge on any atom is -0.458 e. The van der Waals surface area contributed by atoms with Gasteiger partial charge in [0.15, 0.2) is 5.60 Å². The summed E-state index contributed by atoms with van der Waals surface area (Å²) in [5.41, 5.74) is 2.30. The van der Waals surface area contributed by atoms with Crippen molar-refractivity contribution in [3.8, 4) is 11.4 Å². The van der Waals surface area contributed by atoms with Crippen LogP contribution in [0, 0.1) is 0 Å². The molecule has 3 aliphatic rings. The Hall–Kier alpha value is -3.52. The topological polar surface area (TPSA) is 103 Å². The van der Waals surface area contributed by atoms with E-state index in [1.807, 2.05) is 24.3 Å². The van der Waals surface area contributed by atoms with Crippen molar-refractivity contribution < 1.29 is 19.5 Å². The largest absolute Gasteiger partial charge is 0.458 e. The zero-order chi connectivity index (χ0) is 24.2. The summed E-state index contributed by atoms with van der Waals surface area (Å²) in [5, 5.41) is 16.3. The molecule has 3 aromatic rings. The van der Waals surface area contributed by atoms with Gasteiger partial charge in [-0.25, -0.2) is 9.78 Å². The molecule has 1 saturated carbocycles. The van der Waals surface area contributed by atoms with Gasteiger partial charge in [0.2, 0.25) is 0 Å². The number of aliphatic hydroxyl groups is 1. The number of carbonyl (C=O) groups is 1. The molecule has 4 heterocycles. The quantitative estimate of drug-likeness (QED) is 0.275. The van der Waals surface area contributed by atoms with Crippen molar-refractivity contribution in [2.75, 3.05) is 0 Å². The number of cyclic esters (lactones) is 1. The third-order valence-corrected chi connectivity index (χ3v) is 7.52. The zero-order valence-electron chi connectivity index (χ0n) is 19.6. The first-order chi connectivity index (χ1) is 17.0. The van der Waals surface area contributed by atoms with E-state index >= 15 is 0 Å². The molecule has 0 spiro atoms. The number of ether oxygens (including phenoxy) is 1. The number of nitrogens with zero attached hydrogens (tertiary/aromatic N) is 3. The summed E-state index contributed by atoms with van der Waals surface area (Å²) >= 11 is 0. The van der Waals surface area contributed by atoms with Crippen LogP contribution in [0.3, 0.4) is 0 Å². The molecule has 1 N–H and O–H groups in total. The molecule has 1 aliphatic carbocycles. The Bertz CT molecular complexity index is 1440. The maximum atomic E-state index is 13.3. The summed E-state index contributed by atoms with van der Waals surface area (Å²) in [7, 11) is 0. The van der Waals surface area contributed by atoms with Crippen molar-refractivity contribution in [3.63, 3.8) is 0 Å². The van der Waals surface area contributed by atoms with Crippen LogP contribution in [0.2, 0.25) is 0 Å². The average molecular weight is 474 g/mol. The lowest BCUT2D eigenvalue weighted by molar-refractivity contribution is -0.172. The van der Waals surface area contributed by atoms with Crippen LogP contribution < -0.4 is 5.56 Å². The monoisotopic (exact) mass is 473 g/mol. The van der Waals surface area contributed by atoms with Gasteiger partial charge >= 0.3 is 5.97 Å². The van der Waals surface area contributed by atoms with Crippen LogP contribution in [0.5, 0.6) is 0 Å². The van der Waals surface area contributed by atoms with Crippen LogP contribution in [-0.2, 0) is 33.1 Å². The molecule has 0 radical (unpaired) electrons. The van der Waals surface area contributed by atoms with Gasteiger partial charge in [-0.2, -0.15) is 0 Å². The van der Waals surface area contributed by atoms with Crippen LogP contribution in [0.15, 0.2) is 40.3 Å². The molecule has 8 nitrogen and oxygen atoms in total. The zero-order valence-corrected chi connectivity index (χ0v) is 19.6. The number of oxime groups is 1. The Morgan fingerprint density at radius 3 is 2.89 bits per heavy atom. The first kappa shape index (κ1) is 22.0. The number of fused-ring (bicyclic) bond motifs is 5. The molecule has 35 heavy (non-hydrogen) atoms. The molecule has 180 valence electrons. The number of benzene rings is 1. The Morgan fingerprint density at radius 2 is 2.09 bits per heavy atom. The molecule has 2 aliphatic heterocycles. The highest BCUT2D eigenvalue weighted by Crippen LogP contribution is 2.38. The summed E-state index contributed by atoms with van der Waals surface area (Å²) in [6.07, 6.45) is 7.66. The highest BCUT2D eigenvalue weighted by Gasteiger charge is 2.45. The van der Waals surface area contributed by atoms with E-state index in [2.05, 4.69) is 5.16 Å². The first-order valence-corrected chi connectivity index (χ1v) is 12.3. The predicted octanol–water partition coefficient (Wildman–Crippen LogP) is 3.76. The summed E-state index contributed by atoms with van der Waals surface area (Å²) < 4.78 is 6.79. The fraction of sp³-hybridized carbons (Fsp3) is 0.407. The minimum atomic E-state index is -1.84. The molecular formula is C27H27N3O5. The molecule has 1 aromatic carbocycles. The molecule has 2 aromatic heterocycles. The molecule has 0 saturated heterocycles. The fourth-order valence-electron chi connectivity index (χ4n) is 5.48. The summed E-state index contributed by atoms with van der Waals surface area (Å²) in [4.78, 5) is 36.4. The smallest absolute Gasteiger partial charge is 0.343 e. The third-order valence-electron chi connectivity index (χ3n) is 7.52. The summed E-state index contributed by atoms with van der Waals surface area (Å²) in [6, 6.07) is 9.65. The number of carbonyl (C=O) groups excluding carboxylic acids is 1. The van der Waals surface area contributed by atoms with E-state index < -0.39 is 11.6 Å². The lowest BCUT2D eigenvalue weighted by Gasteiger charge is -2.31. The van der Waals surface area contributed by atoms with Crippen LogP contribution in [0.25, 0.3) is 22.3 Å². The molecule has 8 heteroatoms. The van der Waals surface area contributed by atoms with E-state index in [4.69, 9.17) is 14.6 Å². The average Bonchev–Trinajstić information content (AvgIpc) is 3.24. The number of hydrogen-bond acceptors (Lipinski definition) is 7. The van der Waals surface area contributed by atoms with Crippen molar-refractivity contribution in [2.45, 2.75) is 70.3 Å². The standard InChI is InChI=1S/C27H27N3O5/c1-2-27(33)21-12-22-24-18(14-30(22)25(31)20(21)15-34-26(27)32)11-16-7-6-8-17(23(16)29-24)13-28-35-19-9-4-3-5-10-19/h6-8,11-13,19,33H,2-5,9-10,14-15H2,1H3/b28-13+/t27-/m0/s1. The van der Waals surface area contributed by atoms with E-state index in [0.717, 1.165) is 34.9 Å². The SMILES string of the molecule is CC[C@@]1(O)C(=O)OCc2c1cc1n(c2=O)Cc2cc3cccc(/C=N/OC4CCCCC4)c3nc2-1. The van der Waals surface area contributed by atoms with Gasteiger partial charge < -0.3 is 19.2 Å². The number of aromatic nitrogens is 2. The van der Waals surface area contributed by atoms with Crippen LogP contribution in [0.4, 0.5) is 0 Å². The number of rotatable bonds is 4. The Balaban J connectivity index is 1.43. The number of para-hydroxylation sites is 1. The summed E-state index contributed by atoms with van der Waals surface area (Å²) in [6.45, 7) is 1.94. The van der Waals surface area contributed by atoms with Gasteiger partial charge in [0, 0.05) is 22.1 Å². The van der Waals surface area contributed by atoms with Gasteiger partial charge in [-0.05, 0) is 44.2 Å². The van der Waals surface area contributed by atoms with Crippen molar-refractivity contribution in [1.82, 2.24) is 9.55 Å². The second-order valence-corrected chi connectivity index (χ2v) is 9.62. The molecule has 6 rings (SSSR count). The van der Waals surface area contributed by atoms with Crippen LogP contribution in [0.1, 0.15) is 67.7 Å². The lowest BCUT2D eigenvalue weighted by atomic mass is 9.86. The van der Waals surface area contributed by atoms with Crippen molar-refractivity contribution in [1.29, 1.82) is 0 Å². The van der Waals surface area contributed by atoms with Crippen LogP contribution in [-0.4, -0.2) is 32.9 Å². The normalized spacial score (nSPS) is 21.6. The van der Waals surface area contributed by atoms with Crippen molar-refractivity contribution in [2.24, 2.45) is 5.16 Å². The maximum Gasteiger partial charge on any atom is 0.343 e. The maximum absolute atomic E-state index is 13.3. The Labute approximate surface area is 202 Å². The minimum absolute atomic E-state index is 0.112. The lowest BCUT2D eigenvalue weighted by Crippen LogP contribution is -2.44. The fourth-order valence-corrected chi connectivity index (χ4v) is 5.48. The van der Waals surface area contributed by atoms with Gasteiger partial charge in [-0.1, -0.05) is 36.7 Å². The second kappa shape index (κ2) is 8.30. The van der Waals surface area contributed by atoms with Crippen molar-refractivity contribution >= 4 is 23.1 Å². The molecule has 1 atom stereocenters. The Kier molecular flexibility index (Phi) is 5.21. The van der Waals surface area contributed by atoms with Gasteiger partial charge in [0.25, 0.3) is 5.56 Å². The predicted molar refractivity (Wildman–Crippen MR) is 130 cm³/mol. The number of pyridine rings is 2. The second-order valence-electron chi connectivity index (χ2n) is 9.62. The van der Waals surface area contributed by atoms with Crippen molar-refractivity contribution in [3.05, 3.63) is 62.9 Å². The van der Waals surface area contributed by atoms with E-state index in [-0.39, 0.29) is 24.7 Å². The summed E-state index contributed by atoms with van der Waals surface area (Å²) in [5.74, 6) is -0.724. The highest BCUT2D eigenvalue weighted by atomic mass is 16.6. The van der Waals surface area contributed by atoms with Gasteiger partial charge in [-0.15, -0.1) is 0 Å². The van der Waals surface area contributed by atoms with Gasteiger partial charge in [0.05, 0.1) is 35.2 Å². The van der Waals surface area contributed by atoms with E-state index in [1.165, 1.54) is 19.3 Å². The molecule has 1 fully saturated rings. The molecular weight excluding hydrogens is 446 g/mol. The van der Waals surface area contributed by atoms with E-state index in [1.54, 1.807) is 23.8 Å². The number of esters is 1. The molecule has 0 unspecified atom stereocenters. The molecule has 0 amide bonds. The molecule has 0 bridgehead atoms. The van der Waals surface area contributed by atoms with E-state index in [9.17, 15) is 14.7 Å². The third kappa shape index (κ3) is 3.46. The van der Waals surface area contributed by atoms with Crippen LogP contribution >= 0.6 is 0 Å². The number of hydrogen-bond donors (Lipinski definition) is 1. The van der Waals surface area contributed by atoms with E-state index in [0.29, 0.717) is 29.1 Å². The van der Waals surface area contributed by atoms with Gasteiger partial charge in [-0.3, -0.25) is 4.79 Å². The first-order valence-electron chi connectivity index (χ1n) is 12.3. The van der Waals surface area contributed by atoms with Gasteiger partial charge in [0.1, 0.15) is 12.7 Å².